The van der Waals surface area contributed by atoms with Crippen molar-refractivity contribution in [3.05, 3.63) is 29.3 Å². The van der Waals surface area contributed by atoms with Crippen molar-refractivity contribution in [2.75, 3.05) is 19.8 Å². The molecule has 0 saturated carbocycles. The van der Waals surface area contributed by atoms with Crippen molar-refractivity contribution in [3.8, 4) is 5.75 Å². The lowest BCUT2D eigenvalue weighted by Crippen LogP contribution is -2.14. The van der Waals surface area contributed by atoms with Crippen molar-refractivity contribution < 1.29 is 27.8 Å². The molecule has 0 spiro atoms. The van der Waals surface area contributed by atoms with Crippen molar-refractivity contribution in [2.24, 2.45) is 5.92 Å². The number of rotatable bonds is 7. The minimum Gasteiger partial charge on any atom is -0.491 e. The van der Waals surface area contributed by atoms with Crippen molar-refractivity contribution in [2.45, 2.75) is 26.6 Å². The number of aliphatic hydroxyl groups excluding tert-OH is 1. The van der Waals surface area contributed by atoms with Gasteiger partial charge in [-0.1, -0.05) is 19.9 Å². The third kappa shape index (κ3) is 5.38. The first-order valence-corrected chi connectivity index (χ1v) is 6.36. The Labute approximate surface area is 116 Å². The number of alkyl halides is 3. The molecule has 1 N–H and O–H groups in total. The Morgan fingerprint density at radius 1 is 1.20 bits per heavy atom. The van der Waals surface area contributed by atoms with Gasteiger partial charge in [-0.05, 0) is 23.6 Å². The zero-order chi connectivity index (χ0) is 15.2. The van der Waals surface area contributed by atoms with Gasteiger partial charge in [0.15, 0.2) is 0 Å². The SMILES string of the molecule is CC(C)COCCOc1ccc(CO)cc1C(F)(F)F. The van der Waals surface area contributed by atoms with Crippen molar-refractivity contribution in [1.29, 1.82) is 0 Å². The van der Waals surface area contributed by atoms with E-state index in [9.17, 15) is 13.2 Å². The molecule has 3 nitrogen and oxygen atoms in total. The van der Waals surface area contributed by atoms with Crippen LogP contribution < -0.4 is 4.74 Å². The molecule has 0 saturated heterocycles. The second kappa shape index (κ2) is 7.50. The maximum atomic E-state index is 12.9. The maximum Gasteiger partial charge on any atom is 0.419 e. The lowest BCUT2D eigenvalue weighted by Gasteiger charge is -2.15. The first-order chi connectivity index (χ1) is 9.34. The predicted octanol–water partition coefficient (Wildman–Crippen LogP) is 3.25. The molecule has 0 amide bonds. The van der Waals surface area contributed by atoms with Gasteiger partial charge in [-0.3, -0.25) is 0 Å². The van der Waals surface area contributed by atoms with Crippen LogP contribution in [-0.2, 0) is 17.5 Å². The summed E-state index contributed by atoms with van der Waals surface area (Å²) >= 11 is 0. The Bertz CT molecular complexity index is 417. The average Bonchev–Trinajstić information content (AvgIpc) is 2.37. The topological polar surface area (TPSA) is 38.7 Å². The van der Waals surface area contributed by atoms with Crippen LogP contribution in [-0.4, -0.2) is 24.9 Å². The van der Waals surface area contributed by atoms with Gasteiger partial charge in [0.05, 0.1) is 18.8 Å². The molecule has 0 radical (unpaired) electrons. The van der Waals surface area contributed by atoms with Gasteiger partial charge in [-0.15, -0.1) is 0 Å². The summed E-state index contributed by atoms with van der Waals surface area (Å²) < 4.78 is 48.9. The molecule has 1 aromatic rings. The van der Waals surface area contributed by atoms with E-state index in [1.807, 2.05) is 13.8 Å². The molecule has 0 unspecified atom stereocenters. The smallest absolute Gasteiger partial charge is 0.419 e. The van der Waals surface area contributed by atoms with Crippen LogP contribution in [0.15, 0.2) is 18.2 Å². The average molecular weight is 292 g/mol. The predicted molar refractivity (Wildman–Crippen MR) is 68.5 cm³/mol. The monoisotopic (exact) mass is 292 g/mol. The summed E-state index contributed by atoms with van der Waals surface area (Å²) in [5, 5.41) is 8.89. The molecule has 1 rings (SSSR count). The molecule has 0 bridgehead atoms. The van der Waals surface area contributed by atoms with Gasteiger partial charge in [0.1, 0.15) is 12.4 Å². The Morgan fingerprint density at radius 3 is 2.45 bits per heavy atom. The van der Waals surface area contributed by atoms with Gasteiger partial charge >= 0.3 is 6.18 Å². The summed E-state index contributed by atoms with van der Waals surface area (Å²) in [6.07, 6.45) is -4.51. The molecule has 1 aromatic carbocycles. The third-order valence-electron chi connectivity index (χ3n) is 2.47. The summed E-state index contributed by atoms with van der Waals surface area (Å²) in [4.78, 5) is 0. The van der Waals surface area contributed by atoms with Gasteiger partial charge in [0.25, 0.3) is 0 Å². The van der Waals surface area contributed by atoms with Crippen molar-refractivity contribution >= 4 is 0 Å². The lowest BCUT2D eigenvalue weighted by molar-refractivity contribution is -0.139. The maximum absolute atomic E-state index is 12.9. The minimum absolute atomic E-state index is 0.0499. The number of halogens is 3. The highest BCUT2D eigenvalue weighted by molar-refractivity contribution is 5.39. The van der Waals surface area contributed by atoms with Gasteiger partial charge in [-0.2, -0.15) is 13.2 Å². The number of aliphatic hydroxyl groups is 1. The molecule has 0 aromatic heterocycles. The van der Waals surface area contributed by atoms with E-state index in [1.165, 1.54) is 12.1 Å². The third-order valence-corrected chi connectivity index (χ3v) is 2.47. The van der Waals surface area contributed by atoms with Crippen LogP contribution in [0.25, 0.3) is 0 Å². The van der Waals surface area contributed by atoms with Gasteiger partial charge in [-0.25, -0.2) is 0 Å². The Morgan fingerprint density at radius 2 is 1.90 bits per heavy atom. The molecule has 0 fully saturated rings. The number of hydrogen-bond donors (Lipinski definition) is 1. The van der Waals surface area contributed by atoms with Gasteiger partial charge in [0, 0.05) is 6.61 Å². The quantitative estimate of drug-likeness (QED) is 0.784. The number of benzene rings is 1. The molecule has 0 atom stereocenters. The molecule has 0 heterocycles. The van der Waals surface area contributed by atoms with Crippen LogP contribution in [0.1, 0.15) is 25.0 Å². The van der Waals surface area contributed by atoms with E-state index in [0.29, 0.717) is 12.5 Å². The molecular formula is C14H19F3O3. The minimum atomic E-state index is -4.51. The molecule has 0 aliphatic rings. The van der Waals surface area contributed by atoms with Crippen LogP contribution in [0.5, 0.6) is 5.75 Å². The van der Waals surface area contributed by atoms with Crippen molar-refractivity contribution in [1.82, 2.24) is 0 Å². The fourth-order valence-corrected chi connectivity index (χ4v) is 1.55. The summed E-state index contributed by atoms with van der Waals surface area (Å²) in [5.41, 5.74) is -0.686. The molecular weight excluding hydrogens is 273 g/mol. The second-order valence-corrected chi connectivity index (χ2v) is 4.80. The van der Waals surface area contributed by atoms with E-state index in [1.54, 1.807) is 0 Å². The molecule has 0 aliphatic carbocycles. The highest BCUT2D eigenvalue weighted by Gasteiger charge is 2.34. The standard InChI is InChI=1S/C14H19F3O3/c1-10(2)9-19-5-6-20-13-4-3-11(8-18)7-12(13)14(15,16)17/h3-4,7,10,18H,5-6,8-9H2,1-2H3. The normalized spacial score (nSPS) is 11.9. The first kappa shape index (κ1) is 16.8. The largest absolute Gasteiger partial charge is 0.491 e. The molecule has 0 aliphatic heterocycles. The number of hydrogen-bond acceptors (Lipinski definition) is 3. The fourth-order valence-electron chi connectivity index (χ4n) is 1.55. The van der Waals surface area contributed by atoms with Gasteiger partial charge in [0.2, 0.25) is 0 Å². The Hall–Kier alpha value is -1.27. The van der Waals surface area contributed by atoms with E-state index in [4.69, 9.17) is 14.6 Å². The van der Waals surface area contributed by atoms with E-state index in [-0.39, 0.29) is 24.5 Å². The van der Waals surface area contributed by atoms with E-state index >= 15 is 0 Å². The Kier molecular flexibility index (Phi) is 6.29. The second-order valence-electron chi connectivity index (χ2n) is 4.80. The van der Waals surface area contributed by atoms with Crippen LogP contribution >= 0.6 is 0 Å². The summed E-state index contributed by atoms with van der Waals surface area (Å²) in [6, 6.07) is 3.51. The zero-order valence-corrected chi connectivity index (χ0v) is 11.5. The van der Waals surface area contributed by atoms with Crippen LogP contribution in [0.3, 0.4) is 0 Å². The first-order valence-electron chi connectivity index (χ1n) is 6.36. The molecule has 20 heavy (non-hydrogen) atoms. The van der Waals surface area contributed by atoms with Crippen LogP contribution in [0.4, 0.5) is 13.2 Å². The van der Waals surface area contributed by atoms with Crippen molar-refractivity contribution in [3.63, 3.8) is 0 Å². The molecule has 6 heteroatoms. The summed E-state index contributed by atoms with van der Waals surface area (Å²) in [6.45, 7) is 4.34. The zero-order valence-electron chi connectivity index (χ0n) is 11.5. The highest BCUT2D eigenvalue weighted by Crippen LogP contribution is 2.36. The van der Waals surface area contributed by atoms with Gasteiger partial charge < -0.3 is 14.6 Å². The summed E-state index contributed by atoms with van der Waals surface area (Å²) in [5.74, 6) is 0.118. The van der Waals surface area contributed by atoms with Crippen LogP contribution in [0.2, 0.25) is 0 Å². The fraction of sp³-hybridized carbons (Fsp3) is 0.571. The number of ether oxygens (including phenoxy) is 2. The summed E-state index contributed by atoms with van der Waals surface area (Å²) in [7, 11) is 0. The highest BCUT2D eigenvalue weighted by atomic mass is 19.4. The van der Waals surface area contributed by atoms with E-state index in [2.05, 4.69) is 0 Å². The van der Waals surface area contributed by atoms with E-state index in [0.717, 1.165) is 6.07 Å². The lowest BCUT2D eigenvalue weighted by atomic mass is 10.1. The Balaban J connectivity index is 2.65. The molecule has 114 valence electrons. The van der Waals surface area contributed by atoms with Crippen LogP contribution in [0, 0.1) is 5.92 Å². The van der Waals surface area contributed by atoms with E-state index < -0.39 is 18.3 Å².